The number of H-pyrrole nitrogens is 1. The summed E-state index contributed by atoms with van der Waals surface area (Å²) in [5.41, 5.74) is 3.82. The van der Waals surface area contributed by atoms with Crippen LogP contribution in [0, 0.1) is 0 Å². The summed E-state index contributed by atoms with van der Waals surface area (Å²) < 4.78 is 0. The molecule has 1 aliphatic rings. The van der Waals surface area contributed by atoms with Crippen molar-refractivity contribution in [3.8, 4) is 0 Å². The van der Waals surface area contributed by atoms with Crippen LogP contribution in [0.1, 0.15) is 5.56 Å². The van der Waals surface area contributed by atoms with Crippen molar-refractivity contribution in [2.75, 3.05) is 0 Å². The highest BCUT2D eigenvalue weighted by atomic mass is 32.2. The van der Waals surface area contributed by atoms with E-state index in [1.165, 1.54) is 37.2 Å². The summed E-state index contributed by atoms with van der Waals surface area (Å²) in [6, 6.07) is 24.0. The molecule has 4 aromatic rings. The number of para-hydroxylation sites is 1. The number of benzene rings is 3. The van der Waals surface area contributed by atoms with Crippen LogP contribution in [-0.4, -0.2) is 4.98 Å². The highest BCUT2D eigenvalue weighted by Gasteiger charge is 2.18. The summed E-state index contributed by atoms with van der Waals surface area (Å²) >= 11 is 0. The SMILES string of the molecule is C1=C[SH](c2cccc3[nH]c4ccccc4c23)c2ccccc21. The zero-order valence-corrected chi connectivity index (χ0v) is 12.8. The van der Waals surface area contributed by atoms with Crippen LogP contribution in [0.4, 0.5) is 0 Å². The zero-order chi connectivity index (χ0) is 14.5. The molecule has 1 nitrogen and oxygen atoms in total. The van der Waals surface area contributed by atoms with E-state index in [4.69, 9.17) is 0 Å². The predicted octanol–water partition coefficient (Wildman–Crippen LogP) is 5.72. The molecule has 1 unspecified atom stereocenters. The Labute approximate surface area is 131 Å². The van der Waals surface area contributed by atoms with Crippen LogP contribution in [0.3, 0.4) is 0 Å². The van der Waals surface area contributed by atoms with Crippen molar-refractivity contribution in [2.24, 2.45) is 0 Å². The summed E-state index contributed by atoms with van der Waals surface area (Å²) in [6.07, 6.45) is 2.27. The van der Waals surface area contributed by atoms with Crippen LogP contribution in [-0.2, 0) is 0 Å². The van der Waals surface area contributed by atoms with Crippen molar-refractivity contribution in [2.45, 2.75) is 9.79 Å². The van der Waals surface area contributed by atoms with Crippen LogP contribution in [0.2, 0.25) is 0 Å². The molecule has 0 saturated heterocycles. The first-order chi connectivity index (χ1) is 10.9. The second-order valence-corrected chi connectivity index (χ2v) is 7.62. The fourth-order valence-corrected chi connectivity index (χ4v) is 5.67. The first-order valence-corrected chi connectivity index (χ1v) is 8.89. The van der Waals surface area contributed by atoms with Gasteiger partial charge in [0.1, 0.15) is 0 Å². The van der Waals surface area contributed by atoms with E-state index in [1.54, 1.807) is 0 Å². The maximum atomic E-state index is 3.55. The van der Waals surface area contributed by atoms with Gasteiger partial charge in [0, 0.05) is 31.6 Å². The van der Waals surface area contributed by atoms with E-state index in [-0.39, 0.29) is 0 Å². The van der Waals surface area contributed by atoms with E-state index in [0.717, 1.165) is 0 Å². The number of hydrogen-bond donors (Lipinski definition) is 2. The Morgan fingerprint density at radius 2 is 1.45 bits per heavy atom. The molecule has 1 atom stereocenters. The molecule has 0 amide bonds. The van der Waals surface area contributed by atoms with Crippen molar-refractivity contribution >= 4 is 38.8 Å². The van der Waals surface area contributed by atoms with Gasteiger partial charge in [-0.1, -0.05) is 42.5 Å². The topological polar surface area (TPSA) is 15.8 Å². The molecule has 0 aliphatic carbocycles. The molecule has 0 spiro atoms. The zero-order valence-electron chi connectivity index (χ0n) is 12.0. The Hall–Kier alpha value is -2.45. The standard InChI is InChI=1S/C20H15NS/c1-4-10-18-14(6-1)12-13-22(18)19-11-5-9-17-20(19)15-7-2-3-8-16(15)21-17/h1-13,21-22H. The Morgan fingerprint density at radius 3 is 2.45 bits per heavy atom. The van der Waals surface area contributed by atoms with Crippen molar-refractivity contribution < 1.29 is 0 Å². The number of rotatable bonds is 1. The molecule has 0 fully saturated rings. The van der Waals surface area contributed by atoms with Gasteiger partial charge in [0.05, 0.1) is 0 Å². The molecule has 0 saturated carbocycles. The van der Waals surface area contributed by atoms with Crippen LogP contribution in [0.25, 0.3) is 27.9 Å². The first kappa shape index (κ1) is 12.1. The van der Waals surface area contributed by atoms with Crippen molar-refractivity contribution in [3.05, 3.63) is 77.7 Å². The normalized spacial score (nSPS) is 18.1. The van der Waals surface area contributed by atoms with Gasteiger partial charge in [-0.05, 0) is 41.3 Å². The fraction of sp³-hybridized carbons (Fsp3) is 0. The third kappa shape index (κ3) is 1.62. The maximum Gasteiger partial charge on any atom is 0.0475 e. The molecule has 1 aromatic heterocycles. The smallest absolute Gasteiger partial charge is 0.0475 e. The quantitative estimate of drug-likeness (QED) is 0.418. The van der Waals surface area contributed by atoms with Gasteiger partial charge in [-0.15, -0.1) is 0 Å². The molecule has 2 heteroatoms. The molecule has 106 valence electrons. The molecule has 2 heterocycles. The molecule has 0 bridgehead atoms. The van der Waals surface area contributed by atoms with Gasteiger partial charge in [0.25, 0.3) is 0 Å². The number of nitrogens with one attached hydrogen (secondary N) is 1. The second kappa shape index (κ2) is 4.52. The molecule has 5 rings (SSSR count). The van der Waals surface area contributed by atoms with Gasteiger partial charge in [-0.25, -0.2) is 0 Å². The van der Waals surface area contributed by atoms with Crippen molar-refractivity contribution in [3.63, 3.8) is 0 Å². The second-order valence-electron chi connectivity index (χ2n) is 5.61. The highest BCUT2D eigenvalue weighted by Crippen LogP contribution is 2.54. The number of aromatic nitrogens is 1. The van der Waals surface area contributed by atoms with Crippen LogP contribution in [0.15, 0.2) is 81.9 Å². The summed E-state index contributed by atoms with van der Waals surface area (Å²) in [5.74, 6) is 0. The maximum absolute atomic E-state index is 3.55. The van der Waals surface area contributed by atoms with E-state index < -0.39 is 10.9 Å². The number of thiol groups is 1. The van der Waals surface area contributed by atoms with Gasteiger partial charge in [0.2, 0.25) is 0 Å². The molecule has 1 N–H and O–H groups in total. The largest absolute Gasteiger partial charge is 0.354 e. The minimum absolute atomic E-state index is 0.404. The lowest BCUT2D eigenvalue weighted by Crippen LogP contribution is -1.83. The molecular formula is C20H15NS. The summed E-state index contributed by atoms with van der Waals surface area (Å²) in [7, 11) is -0.404. The Morgan fingerprint density at radius 1 is 0.682 bits per heavy atom. The van der Waals surface area contributed by atoms with Crippen LogP contribution < -0.4 is 0 Å². The lowest BCUT2D eigenvalue weighted by atomic mass is 10.1. The third-order valence-electron chi connectivity index (χ3n) is 4.37. The van der Waals surface area contributed by atoms with E-state index in [2.05, 4.69) is 83.2 Å². The molecule has 0 radical (unpaired) electrons. The minimum Gasteiger partial charge on any atom is -0.354 e. The average molecular weight is 301 g/mol. The lowest BCUT2D eigenvalue weighted by molar-refractivity contribution is 1.41. The van der Waals surface area contributed by atoms with Crippen LogP contribution >= 0.6 is 10.9 Å². The Kier molecular flexibility index (Phi) is 2.49. The monoisotopic (exact) mass is 301 g/mol. The van der Waals surface area contributed by atoms with Crippen molar-refractivity contribution in [1.29, 1.82) is 0 Å². The van der Waals surface area contributed by atoms with E-state index >= 15 is 0 Å². The van der Waals surface area contributed by atoms with Crippen LogP contribution in [0.5, 0.6) is 0 Å². The third-order valence-corrected chi connectivity index (χ3v) is 6.63. The highest BCUT2D eigenvalue weighted by molar-refractivity contribution is 8.20. The fourth-order valence-electron chi connectivity index (χ4n) is 3.38. The van der Waals surface area contributed by atoms with Gasteiger partial charge >= 0.3 is 0 Å². The minimum atomic E-state index is -0.404. The first-order valence-electron chi connectivity index (χ1n) is 7.48. The van der Waals surface area contributed by atoms with Gasteiger partial charge in [-0.2, -0.15) is 10.9 Å². The number of hydrogen-bond acceptors (Lipinski definition) is 0. The summed E-state index contributed by atoms with van der Waals surface area (Å²) in [6.45, 7) is 0. The van der Waals surface area contributed by atoms with Gasteiger partial charge in [0.15, 0.2) is 0 Å². The van der Waals surface area contributed by atoms with Crippen molar-refractivity contribution in [1.82, 2.24) is 4.98 Å². The summed E-state index contributed by atoms with van der Waals surface area (Å²) in [5, 5.41) is 5.09. The number of aromatic amines is 1. The average Bonchev–Trinajstić information content (AvgIpc) is 3.16. The molecule has 3 aromatic carbocycles. The predicted molar refractivity (Wildman–Crippen MR) is 96.8 cm³/mol. The molecular weight excluding hydrogens is 286 g/mol. The Balaban J connectivity index is 1.84. The lowest BCUT2D eigenvalue weighted by Gasteiger charge is -2.17. The van der Waals surface area contributed by atoms with E-state index in [9.17, 15) is 0 Å². The van der Waals surface area contributed by atoms with Gasteiger partial charge < -0.3 is 4.98 Å². The summed E-state index contributed by atoms with van der Waals surface area (Å²) in [4.78, 5) is 6.47. The molecule has 1 aliphatic heterocycles. The van der Waals surface area contributed by atoms with E-state index in [1.807, 2.05) is 0 Å². The van der Waals surface area contributed by atoms with E-state index in [0.29, 0.717) is 0 Å². The number of fused-ring (bicyclic) bond motifs is 4. The van der Waals surface area contributed by atoms with Gasteiger partial charge in [-0.3, -0.25) is 0 Å². The molecule has 22 heavy (non-hydrogen) atoms. The Bertz CT molecular complexity index is 1040.